The van der Waals surface area contributed by atoms with Crippen molar-refractivity contribution in [2.45, 2.75) is 19.3 Å². The molecule has 0 saturated carbocycles. The van der Waals surface area contributed by atoms with E-state index in [0.717, 1.165) is 61.4 Å². The van der Waals surface area contributed by atoms with Gasteiger partial charge in [-0.2, -0.15) is 0 Å². The molecule has 0 atom stereocenters. The van der Waals surface area contributed by atoms with Gasteiger partial charge >= 0.3 is 0 Å². The third kappa shape index (κ3) is 4.26. The van der Waals surface area contributed by atoms with Crippen LogP contribution < -0.4 is 9.64 Å². The second-order valence-electron chi connectivity index (χ2n) is 14.3. The van der Waals surface area contributed by atoms with Gasteiger partial charge in [0.15, 0.2) is 0 Å². The van der Waals surface area contributed by atoms with Crippen LogP contribution in [0, 0.1) is 0 Å². The van der Waals surface area contributed by atoms with Crippen LogP contribution in [0.1, 0.15) is 25.0 Å². The number of benzene rings is 6. The van der Waals surface area contributed by atoms with Crippen molar-refractivity contribution in [3.8, 4) is 17.2 Å². The van der Waals surface area contributed by atoms with E-state index in [1.165, 1.54) is 33.3 Å². The van der Waals surface area contributed by atoms with Crippen molar-refractivity contribution in [3.05, 3.63) is 175 Å². The van der Waals surface area contributed by atoms with Crippen molar-refractivity contribution in [2.75, 3.05) is 4.90 Å². The van der Waals surface area contributed by atoms with Gasteiger partial charge in [-0.15, -0.1) is 0 Å². The van der Waals surface area contributed by atoms with Crippen LogP contribution in [0.15, 0.2) is 164 Å². The molecule has 10 aromatic rings. The van der Waals surface area contributed by atoms with Gasteiger partial charge in [0.2, 0.25) is 0 Å². The van der Waals surface area contributed by atoms with Gasteiger partial charge in [0.25, 0.3) is 0 Å². The molecule has 0 aliphatic carbocycles. The van der Waals surface area contributed by atoms with E-state index in [4.69, 9.17) is 14.7 Å². The summed E-state index contributed by atoms with van der Waals surface area (Å²) in [7, 11) is 0. The summed E-state index contributed by atoms with van der Waals surface area (Å²) in [6.45, 7) is 4.67. The highest BCUT2D eigenvalue weighted by molar-refractivity contribution is 6.17. The fourth-order valence-electron chi connectivity index (χ4n) is 8.66. The third-order valence-corrected chi connectivity index (χ3v) is 11.0. The van der Waals surface area contributed by atoms with E-state index in [9.17, 15) is 0 Å². The van der Waals surface area contributed by atoms with Gasteiger partial charge in [0, 0.05) is 57.3 Å². The molecule has 0 unspecified atom stereocenters. The van der Waals surface area contributed by atoms with Gasteiger partial charge < -0.3 is 9.64 Å². The maximum Gasteiger partial charge on any atom is 0.145 e. The Hall–Kier alpha value is -6.92. The zero-order chi connectivity index (χ0) is 35.3. The van der Waals surface area contributed by atoms with E-state index in [1.807, 2.05) is 36.8 Å². The highest BCUT2D eigenvalue weighted by atomic mass is 16.5. The Balaban J connectivity index is 1.09. The van der Waals surface area contributed by atoms with Crippen LogP contribution in [0.4, 0.5) is 17.1 Å². The van der Waals surface area contributed by atoms with Crippen LogP contribution in [0.25, 0.3) is 54.9 Å². The quantitative estimate of drug-likeness (QED) is 0.173. The maximum absolute atomic E-state index is 6.64. The first-order valence-corrected chi connectivity index (χ1v) is 18.0. The summed E-state index contributed by atoms with van der Waals surface area (Å²) in [5.74, 6) is 1.50. The molecule has 4 aromatic heterocycles. The number of aromatic nitrogens is 4. The first kappa shape index (κ1) is 29.8. The number of pyridine rings is 2. The average molecular weight is 684 g/mol. The zero-order valence-electron chi connectivity index (χ0n) is 29.2. The second kappa shape index (κ2) is 11.0. The molecule has 5 heterocycles. The van der Waals surface area contributed by atoms with Gasteiger partial charge in [-0.25, -0.2) is 9.97 Å². The molecule has 0 bridgehead atoms. The third-order valence-electron chi connectivity index (χ3n) is 11.0. The number of imidazole rings is 1. The number of para-hydroxylation sites is 3. The van der Waals surface area contributed by atoms with Crippen LogP contribution in [-0.4, -0.2) is 18.9 Å². The van der Waals surface area contributed by atoms with Gasteiger partial charge in [-0.05, 0) is 89.3 Å². The van der Waals surface area contributed by atoms with Crippen molar-refractivity contribution in [2.24, 2.45) is 0 Å². The van der Waals surface area contributed by atoms with Crippen LogP contribution in [0.3, 0.4) is 0 Å². The number of hydrogen-bond donors (Lipinski definition) is 0. The van der Waals surface area contributed by atoms with Gasteiger partial charge in [-0.3, -0.25) is 8.97 Å². The highest BCUT2D eigenvalue weighted by Crippen LogP contribution is 2.55. The Bertz CT molecular complexity index is 3080. The number of fused-ring (bicyclic) bond motifs is 12. The van der Waals surface area contributed by atoms with Crippen molar-refractivity contribution in [1.82, 2.24) is 18.9 Å². The summed E-state index contributed by atoms with van der Waals surface area (Å²) in [6, 6.07) is 51.4. The normalized spacial score (nSPS) is 13.6. The first-order valence-electron chi connectivity index (χ1n) is 18.0. The van der Waals surface area contributed by atoms with Crippen molar-refractivity contribution in [3.63, 3.8) is 0 Å². The molecule has 53 heavy (non-hydrogen) atoms. The average Bonchev–Trinajstić information content (AvgIpc) is 3.83. The van der Waals surface area contributed by atoms with E-state index >= 15 is 0 Å². The molecule has 6 heteroatoms. The summed E-state index contributed by atoms with van der Waals surface area (Å²) in [6.07, 6.45) is 5.76. The van der Waals surface area contributed by atoms with E-state index in [2.05, 4.69) is 155 Å². The lowest BCUT2D eigenvalue weighted by molar-refractivity contribution is 0.483. The molecule has 11 rings (SSSR count). The number of hydrogen-bond acceptors (Lipinski definition) is 4. The van der Waals surface area contributed by atoms with Crippen LogP contribution >= 0.6 is 0 Å². The van der Waals surface area contributed by atoms with E-state index in [-0.39, 0.29) is 5.41 Å². The summed E-state index contributed by atoms with van der Waals surface area (Å²) in [5, 5.41) is 5.66. The molecule has 0 radical (unpaired) electrons. The minimum atomic E-state index is -0.218. The lowest BCUT2D eigenvalue weighted by atomic mass is 9.73. The molecule has 0 spiro atoms. The van der Waals surface area contributed by atoms with Crippen LogP contribution in [-0.2, 0) is 5.41 Å². The maximum atomic E-state index is 6.64. The summed E-state index contributed by atoms with van der Waals surface area (Å²) >= 11 is 0. The zero-order valence-corrected chi connectivity index (χ0v) is 29.2. The second-order valence-corrected chi connectivity index (χ2v) is 14.3. The van der Waals surface area contributed by atoms with Gasteiger partial charge in [-0.1, -0.05) is 80.6 Å². The minimum absolute atomic E-state index is 0.218. The molecule has 1 aliphatic heterocycles. The Labute approximate surface area is 305 Å². The minimum Gasteiger partial charge on any atom is -0.457 e. The molecule has 1 aliphatic rings. The smallest absolute Gasteiger partial charge is 0.145 e. The van der Waals surface area contributed by atoms with Crippen LogP contribution in [0.2, 0.25) is 0 Å². The molecule has 6 nitrogen and oxygen atoms in total. The summed E-state index contributed by atoms with van der Waals surface area (Å²) < 4.78 is 11.1. The number of rotatable bonds is 4. The molecule has 0 fully saturated rings. The molecular formula is C47H33N5O. The molecule has 0 amide bonds. The molecule has 252 valence electrons. The van der Waals surface area contributed by atoms with Crippen molar-refractivity contribution >= 4 is 66.3 Å². The summed E-state index contributed by atoms with van der Waals surface area (Å²) in [4.78, 5) is 12.2. The predicted molar refractivity (Wildman–Crippen MR) is 216 cm³/mol. The van der Waals surface area contributed by atoms with Gasteiger partial charge in [0.1, 0.15) is 22.8 Å². The number of anilines is 3. The van der Waals surface area contributed by atoms with Crippen molar-refractivity contribution in [1.29, 1.82) is 0 Å². The predicted octanol–water partition coefficient (Wildman–Crippen LogP) is 12.0. The highest BCUT2D eigenvalue weighted by Gasteiger charge is 2.39. The summed E-state index contributed by atoms with van der Waals surface area (Å²) in [5.41, 5.74) is 10.9. The topological polar surface area (TPSA) is 47.6 Å². The lowest BCUT2D eigenvalue weighted by Gasteiger charge is -2.42. The standard InChI is InChI=1S/C47H33N5O/c1-47(2)38-18-7-9-20-41(38)51(30-12-4-3-5-13-30)44-39(47)23-24-42-43(44)36-17-11-25-48-46(36)52(42)31-14-10-15-32(28-31)53-33-21-22-34-35-16-6-8-19-40(35)50-27-26-49-45(50)37(34)29-33/h3-29H,1-2H3. The molecule has 0 N–H and O–H groups in total. The lowest BCUT2D eigenvalue weighted by Crippen LogP contribution is -2.30. The first-order chi connectivity index (χ1) is 26.1. The van der Waals surface area contributed by atoms with Gasteiger partial charge in [0.05, 0.1) is 28.1 Å². The van der Waals surface area contributed by atoms with E-state index in [1.54, 1.807) is 0 Å². The Morgan fingerprint density at radius 2 is 1.30 bits per heavy atom. The Kier molecular flexibility index (Phi) is 6.20. The Morgan fingerprint density at radius 1 is 0.528 bits per heavy atom. The van der Waals surface area contributed by atoms with E-state index in [0.29, 0.717) is 0 Å². The molecule has 0 saturated heterocycles. The van der Waals surface area contributed by atoms with E-state index < -0.39 is 0 Å². The Morgan fingerprint density at radius 3 is 2.23 bits per heavy atom. The largest absolute Gasteiger partial charge is 0.457 e. The number of nitrogens with zero attached hydrogens (tertiary/aromatic N) is 5. The fraction of sp³-hybridized carbons (Fsp3) is 0.0638. The van der Waals surface area contributed by atoms with Crippen LogP contribution in [0.5, 0.6) is 11.5 Å². The monoisotopic (exact) mass is 683 g/mol. The fourth-order valence-corrected chi connectivity index (χ4v) is 8.66. The SMILES string of the molecule is CC1(C)c2ccccc2N(c2ccccc2)c2c1ccc1c2c2cccnc2n1-c1cccc(Oc2ccc3c4ccccc4n4ccnc4c3c2)c1. The van der Waals surface area contributed by atoms with Crippen molar-refractivity contribution < 1.29 is 4.74 Å². The molecular weight excluding hydrogens is 651 g/mol. The molecule has 6 aromatic carbocycles. The number of ether oxygens (including phenoxy) is 1.